The van der Waals surface area contributed by atoms with Gasteiger partial charge in [0.15, 0.2) is 18.1 Å². The molecule has 0 aromatic heterocycles. The molecule has 1 saturated heterocycles. The molecule has 0 aliphatic carbocycles. The summed E-state index contributed by atoms with van der Waals surface area (Å²) in [4.78, 5) is 16.7. The van der Waals surface area contributed by atoms with Gasteiger partial charge in [-0.2, -0.15) is 0 Å². The van der Waals surface area contributed by atoms with Crippen LogP contribution in [0.25, 0.3) is 0 Å². The topological polar surface area (TPSA) is 42.0 Å². The Morgan fingerprint density at radius 3 is 2.32 bits per heavy atom. The van der Waals surface area contributed by atoms with Gasteiger partial charge in [0.1, 0.15) is 0 Å². The minimum absolute atomic E-state index is 0.00719. The van der Waals surface area contributed by atoms with Crippen molar-refractivity contribution in [3.63, 3.8) is 0 Å². The molecule has 1 amide bonds. The van der Waals surface area contributed by atoms with Crippen LogP contribution in [0.3, 0.4) is 0 Å². The maximum Gasteiger partial charge on any atom is 0.260 e. The second-order valence-corrected chi connectivity index (χ2v) is 7.35. The van der Waals surface area contributed by atoms with Crippen LogP contribution in [0, 0.1) is 0 Å². The maximum absolute atomic E-state index is 12.5. The van der Waals surface area contributed by atoms with Crippen LogP contribution in [0.2, 0.25) is 5.02 Å². The molecule has 28 heavy (non-hydrogen) atoms. The largest absolute Gasteiger partial charge is 0.493 e. The van der Waals surface area contributed by atoms with E-state index in [-0.39, 0.29) is 12.5 Å². The highest BCUT2D eigenvalue weighted by atomic mass is 35.5. The third-order valence-corrected chi connectivity index (χ3v) is 5.28. The van der Waals surface area contributed by atoms with Crippen molar-refractivity contribution in [1.29, 1.82) is 0 Å². The first kappa shape index (κ1) is 20.5. The van der Waals surface area contributed by atoms with Gasteiger partial charge in [0, 0.05) is 37.7 Å². The smallest absolute Gasteiger partial charge is 0.260 e. The van der Waals surface area contributed by atoms with Gasteiger partial charge in [-0.1, -0.05) is 36.7 Å². The average molecular weight is 403 g/mol. The molecule has 150 valence electrons. The molecule has 0 bridgehead atoms. The summed E-state index contributed by atoms with van der Waals surface area (Å²) >= 11 is 5.94. The van der Waals surface area contributed by atoms with Gasteiger partial charge >= 0.3 is 0 Å². The SMILES string of the molecule is CCc1ccc(OCC(=O)N2CCN(Cc3ccc(Cl)cc3)CC2)c(OC)c1. The molecule has 0 unspecified atom stereocenters. The highest BCUT2D eigenvalue weighted by Gasteiger charge is 2.21. The number of amides is 1. The van der Waals surface area contributed by atoms with E-state index in [1.807, 2.05) is 47.4 Å². The summed E-state index contributed by atoms with van der Waals surface area (Å²) in [6.45, 7) is 6.11. The van der Waals surface area contributed by atoms with Crippen LogP contribution in [0.5, 0.6) is 11.5 Å². The molecule has 1 fully saturated rings. The number of hydrogen-bond donors (Lipinski definition) is 0. The Morgan fingerprint density at radius 1 is 1.00 bits per heavy atom. The van der Waals surface area contributed by atoms with E-state index in [4.69, 9.17) is 21.1 Å². The van der Waals surface area contributed by atoms with Crippen molar-refractivity contribution in [1.82, 2.24) is 9.80 Å². The molecule has 2 aromatic rings. The zero-order valence-corrected chi connectivity index (χ0v) is 17.2. The van der Waals surface area contributed by atoms with E-state index in [1.54, 1.807) is 7.11 Å². The van der Waals surface area contributed by atoms with Crippen LogP contribution in [0.1, 0.15) is 18.1 Å². The maximum atomic E-state index is 12.5. The van der Waals surface area contributed by atoms with Gasteiger partial charge in [0.2, 0.25) is 0 Å². The number of carbonyl (C=O) groups is 1. The van der Waals surface area contributed by atoms with Crippen molar-refractivity contribution in [3.8, 4) is 11.5 Å². The van der Waals surface area contributed by atoms with Crippen LogP contribution in [0.4, 0.5) is 0 Å². The van der Waals surface area contributed by atoms with Gasteiger partial charge in [0.25, 0.3) is 5.91 Å². The van der Waals surface area contributed by atoms with Crippen molar-refractivity contribution in [2.45, 2.75) is 19.9 Å². The fourth-order valence-electron chi connectivity index (χ4n) is 3.29. The molecule has 0 saturated carbocycles. The predicted octanol–water partition coefficient (Wildman–Crippen LogP) is 3.63. The summed E-state index contributed by atoms with van der Waals surface area (Å²) in [5.41, 5.74) is 2.41. The summed E-state index contributed by atoms with van der Waals surface area (Å²) in [5, 5.41) is 0.750. The second-order valence-electron chi connectivity index (χ2n) is 6.91. The molecular weight excluding hydrogens is 376 g/mol. The van der Waals surface area contributed by atoms with Gasteiger partial charge < -0.3 is 14.4 Å². The number of aryl methyl sites for hydroxylation is 1. The molecule has 0 spiro atoms. The molecule has 0 atom stereocenters. The molecule has 1 aliphatic heterocycles. The van der Waals surface area contributed by atoms with E-state index >= 15 is 0 Å². The first-order valence-electron chi connectivity index (χ1n) is 9.63. The predicted molar refractivity (Wildman–Crippen MR) is 111 cm³/mol. The van der Waals surface area contributed by atoms with Gasteiger partial charge in [-0.15, -0.1) is 0 Å². The third kappa shape index (κ3) is 5.40. The van der Waals surface area contributed by atoms with E-state index in [0.29, 0.717) is 24.6 Å². The number of halogens is 1. The normalized spacial score (nSPS) is 14.8. The summed E-state index contributed by atoms with van der Waals surface area (Å²) in [7, 11) is 1.61. The lowest BCUT2D eigenvalue weighted by Crippen LogP contribution is -2.49. The van der Waals surface area contributed by atoms with Crippen LogP contribution in [-0.2, 0) is 17.8 Å². The number of nitrogens with zero attached hydrogens (tertiary/aromatic N) is 2. The number of hydrogen-bond acceptors (Lipinski definition) is 4. The fourth-order valence-corrected chi connectivity index (χ4v) is 3.41. The Hall–Kier alpha value is -2.24. The molecule has 0 radical (unpaired) electrons. The number of ether oxygens (including phenoxy) is 2. The van der Waals surface area contributed by atoms with E-state index in [2.05, 4.69) is 11.8 Å². The molecule has 1 aliphatic rings. The Morgan fingerprint density at radius 2 is 1.68 bits per heavy atom. The Kier molecular flexibility index (Phi) is 7.18. The molecule has 5 nitrogen and oxygen atoms in total. The standard InChI is InChI=1S/C22H27ClN2O3/c1-3-17-6-9-20(21(14-17)27-2)28-16-22(26)25-12-10-24(11-13-25)15-18-4-7-19(23)8-5-18/h4-9,14H,3,10-13,15-16H2,1-2H3. The fraction of sp³-hybridized carbons (Fsp3) is 0.409. The molecule has 3 rings (SSSR count). The third-order valence-electron chi connectivity index (χ3n) is 5.03. The van der Waals surface area contributed by atoms with Crippen LogP contribution in [-0.4, -0.2) is 55.6 Å². The monoisotopic (exact) mass is 402 g/mol. The lowest BCUT2D eigenvalue weighted by Gasteiger charge is -2.34. The summed E-state index contributed by atoms with van der Waals surface area (Å²) in [6, 6.07) is 13.7. The number of benzene rings is 2. The first-order chi connectivity index (χ1) is 13.6. The van der Waals surface area contributed by atoms with Gasteiger partial charge in [-0.25, -0.2) is 0 Å². The number of piperazine rings is 1. The lowest BCUT2D eigenvalue weighted by atomic mass is 10.1. The summed E-state index contributed by atoms with van der Waals surface area (Å²) in [5.74, 6) is 1.28. The van der Waals surface area contributed by atoms with E-state index in [0.717, 1.165) is 31.1 Å². The summed E-state index contributed by atoms with van der Waals surface area (Å²) in [6.07, 6.45) is 0.926. The zero-order valence-electron chi connectivity index (χ0n) is 16.5. The molecule has 0 N–H and O–H groups in total. The van der Waals surface area contributed by atoms with Gasteiger partial charge in [-0.3, -0.25) is 9.69 Å². The minimum atomic E-state index is 0.00719. The Labute approximate surface area is 171 Å². The molecular formula is C22H27ClN2O3. The van der Waals surface area contributed by atoms with Crippen molar-refractivity contribution < 1.29 is 14.3 Å². The van der Waals surface area contributed by atoms with E-state index in [1.165, 1.54) is 11.1 Å². The number of methoxy groups -OCH3 is 1. The summed E-state index contributed by atoms with van der Waals surface area (Å²) < 4.78 is 11.1. The Bertz CT molecular complexity index is 787. The molecule has 6 heteroatoms. The highest BCUT2D eigenvalue weighted by Crippen LogP contribution is 2.28. The molecule has 2 aromatic carbocycles. The lowest BCUT2D eigenvalue weighted by molar-refractivity contribution is -0.135. The zero-order chi connectivity index (χ0) is 19.9. The van der Waals surface area contributed by atoms with Gasteiger partial charge in [0.05, 0.1) is 7.11 Å². The van der Waals surface area contributed by atoms with Gasteiger partial charge in [-0.05, 0) is 41.8 Å². The average Bonchev–Trinajstić information content (AvgIpc) is 2.74. The van der Waals surface area contributed by atoms with Crippen molar-refractivity contribution >= 4 is 17.5 Å². The number of carbonyl (C=O) groups excluding carboxylic acids is 1. The van der Waals surface area contributed by atoms with Crippen molar-refractivity contribution in [3.05, 3.63) is 58.6 Å². The second kappa shape index (κ2) is 9.80. The number of rotatable bonds is 7. The van der Waals surface area contributed by atoms with Crippen LogP contribution in [0.15, 0.2) is 42.5 Å². The van der Waals surface area contributed by atoms with Crippen LogP contribution < -0.4 is 9.47 Å². The van der Waals surface area contributed by atoms with Crippen LogP contribution >= 0.6 is 11.6 Å². The molecule has 1 heterocycles. The quantitative estimate of drug-likeness (QED) is 0.709. The van der Waals surface area contributed by atoms with E-state index < -0.39 is 0 Å². The van der Waals surface area contributed by atoms with Crippen molar-refractivity contribution in [2.24, 2.45) is 0 Å². The first-order valence-corrected chi connectivity index (χ1v) is 10.0. The van der Waals surface area contributed by atoms with Crippen molar-refractivity contribution in [2.75, 3.05) is 39.9 Å². The Balaban J connectivity index is 1.47. The van der Waals surface area contributed by atoms with E-state index in [9.17, 15) is 4.79 Å². The highest BCUT2D eigenvalue weighted by molar-refractivity contribution is 6.30. The minimum Gasteiger partial charge on any atom is -0.493 e.